The number of hydrogen-bond acceptors (Lipinski definition) is 5. The fraction of sp³-hybridized carbons (Fsp3) is 0.0741. The van der Waals surface area contributed by atoms with Gasteiger partial charge in [0.05, 0.1) is 5.71 Å². The topological polar surface area (TPSA) is 87.6 Å². The lowest BCUT2D eigenvalue weighted by atomic mass is 9.98. The highest BCUT2D eigenvalue weighted by Gasteiger charge is 2.24. The number of carbonyl (C=O) groups excluding carboxylic acids is 1. The SMILES string of the molecule is CC(=NOCC(=O)Nc1oc(-c2ccccc2)c(-c2ccccc2)c1C#N)c1ccccc1. The first-order valence-electron chi connectivity index (χ1n) is 10.4. The van der Waals surface area contributed by atoms with Gasteiger partial charge in [0.1, 0.15) is 17.4 Å². The van der Waals surface area contributed by atoms with Crippen LogP contribution in [0.5, 0.6) is 0 Å². The van der Waals surface area contributed by atoms with Gasteiger partial charge in [-0.15, -0.1) is 0 Å². The second-order valence-electron chi connectivity index (χ2n) is 7.22. The molecule has 0 aliphatic heterocycles. The predicted octanol–water partition coefficient (Wildman–Crippen LogP) is 5.86. The lowest BCUT2D eigenvalue weighted by molar-refractivity contribution is -0.120. The van der Waals surface area contributed by atoms with Gasteiger partial charge in [-0.05, 0) is 18.1 Å². The molecule has 0 saturated carbocycles. The number of oxime groups is 1. The molecule has 162 valence electrons. The third-order valence-electron chi connectivity index (χ3n) is 4.96. The van der Waals surface area contributed by atoms with Gasteiger partial charge in [-0.3, -0.25) is 10.1 Å². The molecule has 0 unspecified atom stereocenters. The number of amides is 1. The molecular weight excluding hydrogens is 414 g/mol. The van der Waals surface area contributed by atoms with Gasteiger partial charge in [-0.2, -0.15) is 5.26 Å². The third kappa shape index (κ3) is 5.00. The Morgan fingerprint density at radius 3 is 2.12 bits per heavy atom. The number of rotatable bonds is 7. The summed E-state index contributed by atoms with van der Waals surface area (Å²) < 4.78 is 6.00. The number of nitrogens with zero attached hydrogens (tertiary/aromatic N) is 2. The van der Waals surface area contributed by atoms with Crippen molar-refractivity contribution >= 4 is 17.5 Å². The standard InChI is InChI=1S/C27H21N3O3/c1-19(20-11-5-2-6-12-20)30-32-18-24(31)29-27-23(17-28)25(21-13-7-3-8-14-21)26(33-27)22-15-9-4-10-16-22/h2-16H,18H2,1H3,(H,29,31). The lowest BCUT2D eigenvalue weighted by Gasteiger charge is -2.03. The molecule has 0 radical (unpaired) electrons. The molecule has 0 saturated heterocycles. The summed E-state index contributed by atoms with van der Waals surface area (Å²) in [5.41, 5.74) is 4.03. The van der Waals surface area contributed by atoms with Crippen molar-refractivity contribution in [2.75, 3.05) is 11.9 Å². The average Bonchev–Trinajstić information content (AvgIpc) is 3.23. The Kier molecular flexibility index (Phi) is 6.62. The highest BCUT2D eigenvalue weighted by molar-refractivity contribution is 5.98. The maximum atomic E-state index is 12.5. The first-order chi connectivity index (χ1) is 16.2. The molecule has 4 aromatic rings. The Morgan fingerprint density at radius 1 is 0.939 bits per heavy atom. The van der Waals surface area contributed by atoms with Gasteiger partial charge >= 0.3 is 0 Å². The van der Waals surface area contributed by atoms with Gasteiger partial charge in [0.2, 0.25) is 5.88 Å². The quantitative estimate of drug-likeness (QED) is 0.291. The Bertz CT molecular complexity index is 1310. The van der Waals surface area contributed by atoms with Crippen LogP contribution >= 0.6 is 0 Å². The fourth-order valence-electron chi connectivity index (χ4n) is 3.38. The van der Waals surface area contributed by atoms with Crippen LogP contribution in [0.25, 0.3) is 22.5 Å². The van der Waals surface area contributed by atoms with Gasteiger partial charge in [-0.1, -0.05) is 96.2 Å². The van der Waals surface area contributed by atoms with Crippen molar-refractivity contribution in [3.63, 3.8) is 0 Å². The summed E-state index contributed by atoms with van der Waals surface area (Å²) in [5.74, 6) is 0.101. The first-order valence-corrected chi connectivity index (χ1v) is 10.4. The van der Waals surface area contributed by atoms with E-state index >= 15 is 0 Å². The van der Waals surface area contributed by atoms with Crippen molar-refractivity contribution in [1.29, 1.82) is 5.26 Å². The summed E-state index contributed by atoms with van der Waals surface area (Å²) in [6, 6.07) is 30.6. The molecule has 1 amide bonds. The molecule has 0 spiro atoms. The van der Waals surface area contributed by atoms with E-state index in [1.807, 2.05) is 91.0 Å². The molecule has 0 atom stereocenters. The van der Waals surface area contributed by atoms with E-state index in [1.165, 1.54) is 0 Å². The zero-order valence-electron chi connectivity index (χ0n) is 18.0. The van der Waals surface area contributed by atoms with E-state index in [9.17, 15) is 10.1 Å². The van der Waals surface area contributed by atoms with Crippen molar-refractivity contribution in [2.24, 2.45) is 5.16 Å². The molecule has 33 heavy (non-hydrogen) atoms. The highest BCUT2D eigenvalue weighted by Crippen LogP contribution is 2.41. The Balaban J connectivity index is 1.58. The van der Waals surface area contributed by atoms with Gasteiger partial charge in [0.25, 0.3) is 5.91 Å². The maximum Gasteiger partial charge on any atom is 0.267 e. The third-order valence-corrected chi connectivity index (χ3v) is 4.96. The summed E-state index contributed by atoms with van der Waals surface area (Å²) in [6.07, 6.45) is 0. The normalized spacial score (nSPS) is 11.0. The Morgan fingerprint density at radius 2 is 1.52 bits per heavy atom. The highest BCUT2D eigenvalue weighted by atomic mass is 16.6. The molecule has 1 aromatic heterocycles. The maximum absolute atomic E-state index is 12.5. The molecule has 0 fully saturated rings. The minimum absolute atomic E-state index is 0.0765. The number of hydrogen-bond donors (Lipinski definition) is 1. The van der Waals surface area contributed by atoms with E-state index in [0.29, 0.717) is 17.0 Å². The van der Waals surface area contributed by atoms with Crippen molar-refractivity contribution in [3.8, 4) is 28.5 Å². The summed E-state index contributed by atoms with van der Waals surface area (Å²) in [7, 11) is 0. The van der Waals surface area contributed by atoms with Crippen molar-refractivity contribution in [3.05, 3.63) is 102 Å². The summed E-state index contributed by atoms with van der Waals surface area (Å²) in [6.45, 7) is 1.48. The van der Waals surface area contributed by atoms with E-state index in [1.54, 1.807) is 6.92 Å². The minimum atomic E-state index is -0.482. The number of nitriles is 1. The van der Waals surface area contributed by atoms with Crippen LogP contribution in [-0.4, -0.2) is 18.2 Å². The molecule has 1 N–H and O–H groups in total. The number of benzene rings is 3. The van der Waals surface area contributed by atoms with Crippen molar-refractivity contribution < 1.29 is 14.0 Å². The van der Waals surface area contributed by atoms with Gasteiger partial charge < -0.3 is 9.25 Å². The van der Waals surface area contributed by atoms with Crippen LogP contribution in [0.3, 0.4) is 0 Å². The predicted molar refractivity (Wildman–Crippen MR) is 128 cm³/mol. The second kappa shape index (κ2) is 10.1. The summed E-state index contributed by atoms with van der Waals surface area (Å²) in [4.78, 5) is 17.7. The molecule has 0 bridgehead atoms. The molecular formula is C27H21N3O3. The minimum Gasteiger partial charge on any atom is -0.438 e. The number of carbonyl (C=O) groups is 1. The van der Waals surface area contributed by atoms with Crippen molar-refractivity contribution in [1.82, 2.24) is 0 Å². The Hall–Kier alpha value is -4.63. The van der Waals surface area contributed by atoms with Crippen LogP contribution in [0.15, 0.2) is 101 Å². The van der Waals surface area contributed by atoms with Crippen LogP contribution < -0.4 is 5.32 Å². The zero-order valence-corrected chi connectivity index (χ0v) is 18.0. The average molecular weight is 435 g/mol. The van der Waals surface area contributed by atoms with Crippen molar-refractivity contribution in [2.45, 2.75) is 6.92 Å². The molecule has 4 rings (SSSR count). The van der Waals surface area contributed by atoms with Crippen LogP contribution in [0, 0.1) is 11.3 Å². The number of furan rings is 1. The van der Waals surface area contributed by atoms with E-state index in [0.717, 1.165) is 16.7 Å². The molecule has 1 heterocycles. The van der Waals surface area contributed by atoms with E-state index in [4.69, 9.17) is 9.25 Å². The van der Waals surface area contributed by atoms with Gasteiger partial charge in [0, 0.05) is 11.1 Å². The second-order valence-corrected chi connectivity index (χ2v) is 7.22. The van der Waals surface area contributed by atoms with Crippen LogP contribution in [0.4, 0.5) is 5.88 Å². The molecule has 0 aliphatic carbocycles. The Labute approximate surface area is 191 Å². The van der Waals surface area contributed by atoms with E-state index in [2.05, 4.69) is 16.5 Å². The fourth-order valence-corrected chi connectivity index (χ4v) is 3.38. The van der Waals surface area contributed by atoms with E-state index < -0.39 is 5.91 Å². The summed E-state index contributed by atoms with van der Waals surface area (Å²) >= 11 is 0. The first kappa shape index (κ1) is 21.6. The van der Waals surface area contributed by atoms with Crippen LogP contribution in [0.2, 0.25) is 0 Å². The van der Waals surface area contributed by atoms with Gasteiger partial charge in [0.15, 0.2) is 6.61 Å². The lowest BCUT2D eigenvalue weighted by Crippen LogP contribution is -2.17. The molecule has 3 aromatic carbocycles. The van der Waals surface area contributed by atoms with E-state index in [-0.39, 0.29) is 18.1 Å². The number of anilines is 1. The van der Waals surface area contributed by atoms with Crippen LogP contribution in [-0.2, 0) is 9.63 Å². The van der Waals surface area contributed by atoms with Gasteiger partial charge in [-0.25, -0.2) is 0 Å². The molecule has 6 nitrogen and oxygen atoms in total. The van der Waals surface area contributed by atoms with Crippen LogP contribution in [0.1, 0.15) is 18.1 Å². The zero-order chi connectivity index (χ0) is 23.0. The summed E-state index contributed by atoms with van der Waals surface area (Å²) in [5, 5.41) is 16.5. The largest absolute Gasteiger partial charge is 0.438 e. The smallest absolute Gasteiger partial charge is 0.267 e. The number of nitrogens with one attached hydrogen (secondary N) is 1. The monoisotopic (exact) mass is 435 g/mol. The molecule has 6 heteroatoms. The molecule has 0 aliphatic rings.